The molecule has 0 amide bonds. The lowest BCUT2D eigenvalue weighted by molar-refractivity contribution is 0.0127. The number of hydrogen-bond acceptors (Lipinski definition) is 3. The summed E-state index contributed by atoms with van der Waals surface area (Å²) in [5.41, 5.74) is 0.913. The Morgan fingerprint density at radius 3 is 2.37 bits per heavy atom. The van der Waals surface area contributed by atoms with Gasteiger partial charge in [-0.05, 0) is 53.2 Å². The fourth-order valence-corrected chi connectivity index (χ4v) is 2.08. The lowest BCUT2D eigenvalue weighted by Gasteiger charge is -2.28. The molecule has 1 rings (SSSR count). The van der Waals surface area contributed by atoms with Crippen LogP contribution in [-0.2, 0) is 4.74 Å². The van der Waals surface area contributed by atoms with Crippen molar-refractivity contribution < 1.29 is 9.47 Å². The average Bonchev–Trinajstić information content (AvgIpc) is 2.30. The Morgan fingerprint density at radius 1 is 1.16 bits per heavy atom. The maximum absolute atomic E-state index is 5.81. The molecule has 1 aromatic rings. The van der Waals surface area contributed by atoms with Gasteiger partial charge in [-0.3, -0.25) is 0 Å². The number of para-hydroxylation sites is 2. The van der Waals surface area contributed by atoms with Gasteiger partial charge in [-0.25, -0.2) is 0 Å². The van der Waals surface area contributed by atoms with Crippen molar-refractivity contribution in [2.45, 2.75) is 58.8 Å². The fraction of sp³-hybridized carbons (Fsp3) is 0.625. The summed E-state index contributed by atoms with van der Waals surface area (Å²) in [7, 11) is 1.75. The van der Waals surface area contributed by atoms with Gasteiger partial charge in [0.05, 0.1) is 17.4 Å². The van der Waals surface area contributed by atoms with E-state index < -0.39 is 0 Å². The largest absolute Gasteiger partial charge is 0.489 e. The topological polar surface area (TPSA) is 30.5 Å². The fourth-order valence-electron chi connectivity index (χ4n) is 2.08. The molecule has 0 aliphatic heterocycles. The highest BCUT2D eigenvalue weighted by atomic mass is 16.5. The van der Waals surface area contributed by atoms with Gasteiger partial charge in [0.15, 0.2) is 0 Å². The van der Waals surface area contributed by atoms with Gasteiger partial charge in [0.2, 0.25) is 0 Å². The van der Waals surface area contributed by atoms with Gasteiger partial charge < -0.3 is 14.8 Å². The minimum absolute atomic E-state index is 0.125. The minimum atomic E-state index is -0.125. The highest BCUT2D eigenvalue weighted by molar-refractivity contribution is 5.56. The van der Waals surface area contributed by atoms with E-state index in [2.05, 4.69) is 26.1 Å². The normalized spacial score (nSPS) is 13.4. The molecule has 0 aliphatic rings. The van der Waals surface area contributed by atoms with Crippen molar-refractivity contribution in [3.05, 3.63) is 24.3 Å². The molecule has 19 heavy (non-hydrogen) atoms. The Balaban J connectivity index is 2.71. The van der Waals surface area contributed by atoms with Crippen molar-refractivity contribution in [3.63, 3.8) is 0 Å². The first-order chi connectivity index (χ1) is 8.84. The first kappa shape index (κ1) is 15.8. The van der Waals surface area contributed by atoms with Gasteiger partial charge in [0.25, 0.3) is 0 Å². The third-order valence-electron chi connectivity index (χ3n) is 3.00. The summed E-state index contributed by atoms with van der Waals surface area (Å²) in [5, 5.41) is 3.50. The predicted molar refractivity (Wildman–Crippen MR) is 81.0 cm³/mol. The van der Waals surface area contributed by atoms with E-state index >= 15 is 0 Å². The first-order valence-electron chi connectivity index (χ1n) is 6.91. The molecule has 0 saturated carbocycles. The summed E-state index contributed by atoms with van der Waals surface area (Å²) in [6, 6.07) is 8.37. The number of ether oxygens (including phenoxy) is 2. The summed E-state index contributed by atoms with van der Waals surface area (Å²) in [4.78, 5) is 0. The number of methoxy groups -OCH3 is 1. The Hall–Kier alpha value is -1.22. The van der Waals surface area contributed by atoms with Crippen molar-refractivity contribution in [2.75, 3.05) is 12.4 Å². The van der Waals surface area contributed by atoms with Gasteiger partial charge >= 0.3 is 0 Å². The number of rotatable bonds is 7. The molecule has 0 saturated heterocycles. The van der Waals surface area contributed by atoms with Crippen molar-refractivity contribution in [3.8, 4) is 5.75 Å². The lowest BCUT2D eigenvalue weighted by Crippen LogP contribution is -2.31. The number of nitrogens with one attached hydrogen (secondary N) is 1. The van der Waals surface area contributed by atoms with Crippen LogP contribution >= 0.6 is 0 Å². The van der Waals surface area contributed by atoms with Crippen LogP contribution in [0.5, 0.6) is 5.75 Å². The number of benzene rings is 1. The molecule has 1 unspecified atom stereocenters. The molecule has 0 aliphatic carbocycles. The molecule has 0 radical (unpaired) electrons. The molecule has 0 bridgehead atoms. The Bertz CT molecular complexity index is 388. The van der Waals surface area contributed by atoms with Crippen molar-refractivity contribution in [1.82, 2.24) is 0 Å². The van der Waals surface area contributed by atoms with Gasteiger partial charge in [0.1, 0.15) is 5.75 Å². The van der Waals surface area contributed by atoms with Crippen LogP contribution < -0.4 is 10.1 Å². The van der Waals surface area contributed by atoms with Crippen LogP contribution in [0.15, 0.2) is 24.3 Å². The molecule has 0 spiro atoms. The highest BCUT2D eigenvalue weighted by Crippen LogP contribution is 2.27. The van der Waals surface area contributed by atoms with E-state index in [1.165, 1.54) is 0 Å². The van der Waals surface area contributed by atoms with Crippen LogP contribution in [0.25, 0.3) is 0 Å². The van der Waals surface area contributed by atoms with Crippen LogP contribution in [-0.4, -0.2) is 24.9 Å². The Kier molecular flexibility index (Phi) is 5.67. The van der Waals surface area contributed by atoms with Crippen LogP contribution in [0.1, 0.15) is 41.0 Å². The zero-order valence-corrected chi connectivity index (χ0v) is 13.0. The molecule has 1 aromatic carbocycles. The zero-order valence-electron chi connectivity index (χ0n) is 13.0. The van der Waals surface area contributed by atoms with Crippen molar-refractivity contribution in [1.29, 1.82) is 0 Å². The van der Waals surface area contributed by atoms with E-state index in [1.54, 1.807) is 7.11 Å². The van der Waals surface area contributed by atoms with E-state index in [9.17, 15) is 0 Å². The van der Waals surface area contributed by atoms with E-state index in [4.69, 9.17) is 9.47 Å². The molecule has 1 N–H and O–H groups in total. The summed E-state index contributed by atoms with van der Waals surface area (Å²) >= 11 is 0. The van der Waals surface area contributed by atoms with Gasteiger partial charge in [0, 0.05) is 13.2 Å². The molecule has 108 valence electrons. The van der Waals surface area contributed by atoms with Crippen molar-refractivity contribution in [2.24, 2.45) is 0 Å². The van der Waals surface area contributed by atoms with E-state index in [0.717, 1.165) is 17.9 Å². The van der Waals surface area contributed by atoms with E-state index in [1.807, 2.05) is 38.1 Å². The maximum Gasteiger partial charge on any atom is 0.142 e. The maximum atomic E-state index is 5.81. The second-order valence-electron chi connectivity index (χ2n) is 5.88. The monoisotopic (exact) mass is 265 g/mol. The van der Waals surface area contributed by atoms with Crippen molar-refractivity contribution >= 4 is 5.69 Å². The molecular weight excluding hydrogens is 238 g/mol. The molecule has 0 aromatic heterocycles. The van der Waals surface area contributed by atoms with Gasteiger partial charge in [-0.2, -0.15) is 0 Å². The number of hydrogen-bond donors (Lipinski definition) is 1. The highest BCUT2D eigenvalue weighted by Gasteiger charge is 2.20. The first-order valence-corrected chi connectivity index (χ1v) is 6.91. The molecular formula is C16H27NO2. The van der Waals surface area contributed by atoms with Gasteiger partial charge in [-0.1, -0.05) is 12.1 Å². The smallest absolute Gasteiger partial charge is 0.142 e. The molecule has 3 heteroatoms. The predicted octanol–water partition coefficient (Wildman–Crippen LogP) is 4.09. The Labute approximate surface area is 117 Å². The molecule has 0 heterocycles. The van der Waals surface area contributed by atoms with Crippen LogP contribution in [0.4, 0.5) is 5.69 Å². The summed E-state index contributed by atoms with van der Waals surface area (Å²) in [6.45, 7) is 10.4. The van der Waals surface area contributed by atoms with E-state index in [0.29, 0.717) is 6.04 Å². The molecule has 0 fully saturated rings. The van der Waals surface area contributed by atoms with Crippen LogP contribution in [0.2, 0.25) is 0 Å². The van der Waals surface area contributed by atoms with Crippen LogP contribution in [0.3, 0.4) is 0 Å². The molecule has 1 atom stereocenters. The minimum Gasteiger partial charge on any atom is -0.489 e. The second kappa shape index (κ2) is 6.80. The number of anilines is 1. The van der Waals surface area contributed by atoms with E-state index in [-0.39, 0.29) is 11.7 Å². The summed E-state index contributed by atoms with van der Waals surface area (Å²) in [5.74, 6) is 0.902. The lowest BCUT2D eigenvalue weighted by atomic mass is 9.99. The molecule has 3 nitrogen and oxygen atoms in total. The average molecular weight is 265 g/mol. The standard InChI is InChI=1S/C16H27NO2/c1-12(2)19-15-10-8-7-9-14(15)17-13(3)11-16(4,5)18-6/h7-10,12-13,17H,11H2,1-6H3. The quantitative estimate of drug-likeness (QED) is 0.805. The summed E-state index contributed by atoms with van der Waals surface area (Å²) < 4.78 is 11.3. The third kappa shape index (κ3) is 5.52. The zero-order chi connectivity index (χ0) is 14.5. The third-order valence-corrected chi connectivity index (χ3v) is 3.00. The van der Waals surface area contributed by atoms with Gasteiger partial charge in [-0.15, -0.1) is 0 Å². The SMILES string of the molecule is COC(C)(C)CC(C)Nc1ccccc1OC(C)C. The van der Waals surface area contributed by atoms with Crippen LogP contribution in [0, 0.1) is 0 Å². The summed E-state index contributed by atoms with van der Waals surface area (Å²) in [6.07, 6.45) is 1.10. The Morgan fingerprint density at radius 2 is 1.79 bits per heavy atom. The second-order valence-corrected chi connectivity index (χ2v) is 5.88.